The van der Waals surface area contributed by atoms with Crippen LogP contribution >= 0.6 is 31.9 Å². The van der Waals surface area contributed by atoms with Crippen molar-refractivity contribution in [2.75, 3.05) is 11.9 Å². The third-order valence-corrected chi connectivity index (χ3v) is 4.36. The summed E-state index contributed by atoms with van der Waals surface area (Å²) >= 11 is 7.07. The molecule has 82 valence electrons. The molecule has 0 saturated carbocycles. The van der Waals surface area contributed by atoms with Crippen LogP contribution in [0.3, 0.4) is 0 Å². The number of ether oxygens (including phenoxy) is 1. The zero-order valence-corrected chi connectivity index (χ0v) is 11.7. The molecule has 3 heteroatoms. The number of halogens is 2. The highest BCUT2D eigenvalue weighted by atomic mass is 79.9. The first-order valence-corrected chi connectivity index (χ1v) is 7.10. The molecule has 1 aromatic carbocycles. The second kappa shape index (κ2) is 4.98. The zero-order valence-electron chi connectivity index (χ0n) is 8.51. The van der Waals surface area contributed by atoms with Crippen LogP contribution in [-0.4, -0.2) is 17.5 Å². The van der Waals surface area contributed by atoms with Gasteiger partial charge in [0, 0.05) is 22.8 Å². The molecule has 2 rings (SSSR count). The first-order valence-electron chi connectivity index (χ1n) is 5.18. The van der Waals surface area contributed by atoms with E-state index in [1.807, 2.05) is 0 Å². The lowest BCUT2D eigenvalue weighted by molar-refractivity contribution is 0.0259. The van der Waals surface area contributed by atoms with E-state index in [1.165, 1.54) is 12.0 Å². The van der Waals surface area contributed by atoms with Gasteiger partial charge in [0.2, 0.25) is 0 Å². The van der Waals surface area contributed by atoms with Crippen LogP contribution in [0.25, 0.3) is 0 Å². The highest BCUT2D eigenvalue weighted by Crippen LogP contribution is 2.31. The smallest absolute Gasteiger partial charge is 0.0819 e. The molecule has 0 spiro atoms. The van der Waals surface area contributed by atoms with Crippen molar-refractivity contribution < 1.29 is 4.74 Å². The van der Waals surface area contributed by atoms with Crippen molar-refractivity contribution in [1.82, 2.24) is 0 Å². The monoisotopic (exact) mass is 332 g/mol. The van der Waals surface area contributed by atoms with E-state index in [1.54, 1.807) is 0 Å². The summed E-state index contributed by atoms with van der Waals surface area (Å²) in [6, 6.07) is 8.47. The minimum Gasteiger partial charge on any atom is -0.374 e. The van der Waals surface area contributed by atoms with E-state index in [0.717, 1.165) is 29.3 Å². The molecule has 1 saturated heterocycles. The minimum absolute atomic E-state index is 0.0286. The Hall–Kier alpha value is 0.140. The molecule has 1 unspecified atom stereocenters. The normalized spacial score (nSPS) is 25.7. The van der Waals surface area contributed by atoms with Crippen LogP contribution in [0.1, 0.15) is 18.4 Å². The lowest BCUT2D eigenvalue weighted by Crippen LogP contribution is -2.32. The van der Waals surface area contributed by atoms with Gasteiger partial charge in [-0.2, -0.15) is 0 Å². The number of hydrogen-bond acceptors (Lipinski definition) is 1. The van der Waals surface area contributed by atoms with Gasteiger partial charge in [-0.25, -0.2) is 0 Å². The molecular weight excluding hydrogens is 320 g/mol. The van der Waals surface area contributed by atoms with Crippen molar-refractivity contribution in [2.24, 2.45) is 0 Å². The van der Waals surface area contributed by atoms with Crippen molar-refractivity contribution in [1.29, 1.82) is 0 Å². The molecule has 0 radical (unpaired) electrons. The predicted molar refractivity (Wildman–Crippen MR) is 69.6 cm³/mol. The van der Waals surface area contributed by atoms with E-state index in [0.29, 0.717) is 0 Å². The summed E-state index contributed by atoms with van der Waals surface area (Å²) in [5.41, 5.74) is 1.37. The second-order valence-electron chi connectivity index (χ2n) is 4.08. The Morgan fingerprint density at radius 3 is 2.87 bits per heavy atom. The number of rotatable bonds is 3. The van der Waals surface area contributed by atoms with Crippen LogP contribution in [0.4, 0.5) is 0 Å². The maximum atomic E-state index is 5.87. The van der Waals surface area contributed by atoms with Crippen LogP contribution in [0, 0.1) is 0 Å². The van der Waals surface area contributed by atoms with Crippen molar-refractivity contribution >= 4 is 31.9 Å². The Morgan fingerprint density at radius 1 is 1.40 bits per heavy atom. The van der Waals surface area contributed by atoms with E-state index < -0.39 is 0 Å². The third-order valence-electron chi connectivity index (χ3n) is 2.84. The van der Waals surface area contributed by atoms with E-state index >= 15 is 0 Å². The molecule has 1 atom stereocenters. The Bertz CT molecular complexity index is 332. The van der Waals surface area contributed by atoms with E-state index in [9.17, 15) is 0 Å². The Kier molecular flexibility index (Phi) is 3.86. The molecule has 1 fully saturated rings. The molecule has 0 aliphatic carbocycles. The minimum atomic E-state index is 0.0286. The molecule has 15 heavy (non-hydrogen) atoms. The molecule has 0 amide bonds. The molecule has 1 aliphatic heterocycles. The van der Waals surface area contributed by atoms with E-state index in [4.69, 9.17) is 4.74 Å². The summed E-state index contributed by atoms with van der Waals surface area (Å²) in [6.45, 7) is 0.902. The van der Waals surface area contributed by atoms with Gasteiger partial charge in [-0.1, -0.05) is 44.0 Å². The fraction of sp³-hybridized carbons (Fsp3) is 0.500. The lowest BCUT2D eigenvalue weighted by Gasteiger charge is -2.26. The van der Waals surface area contributed by atoms with Gasteiger partial charge >= 0.3 is 0 Å². The van der Waals surface area contributed by atoms with Gasteiger partial charge in [-0.05, 0) is 30.5 Å². The van der Waals surface area contributed by atoms with Crippen molar-refractivity contribution in [3.8, 4) is 0 Å². The molecule has 1 heterocycles. The lowest BCUT2D eigenvalue weighted by atomic mass is 9.94. The van der Waals surface area contributed by atoms with Gasteiger partial charge in [0.25, 0.3) is 0 Å². The van der Waals surface area contributed by atoms with E-state index in [2.05, 4.69) is 56.1 Å². The molecule has 0 aromatic heterocycles. The average Bonchev–Trinajstić information content (AvgIpc) is 2.67. The molecule has 0 bridgehead atoms. The fourth-order valence-corrected chi connectivity index (χ4v) is 3.15. The van der Waals surface area contributed by atoms with Crippen LogP contribution in [-0.2, 0) is 11.2 Å². The van der Waals surface area contributed by atoms with Crippen LogP contribution in [0.5, 0.6) is 0 Å². The average molecular weight is 334 g/mol. The molecular formula is C12H14Br2O. The SMILES string of the molecule is BrCC1(Cc2cccc(Br)c2)CCCO1. The summed E-state index contributed by atoms with van der Waals surface area (Å²) in [4.78, 5) is 0. The number of alkyl halides is 1. The predicted octanol–water partition coefficient (Wildman–Crippen LogP) is 3.94. The number of hydrogen-bond donors (Lipinski definition) is 0. The topological polar surface area (TPSA) is 9.23 Å². The molecule has 1 aliphatic rings. The summed E-state index contributed by atoms with van der Waals surface area (Å²) in [7, 11) is 0. The maximum Gasteiger partial charge on any atom is 0.0819 e. The van der Waals surface area contributed by atoms with Gasteiger partial charge < -0.3 is 4.74 Å². The van der Waals surface area contributed by atoms with Gasteiger partial charge in [-0.15, -0.1) is 0 Å². The van der Waals surface area contributed by atoms with Crippen molar-refractivity contribution in [2.45, 2.75) is 24.9 Å². The third kappa shape index (κ3) is 2.83. The quantitative estimate of drug-likeness (QED) is 0.761. The van der Waals surface area contributed by atoms with Gasteiger partial charge in [0.15, 0.2) is 0 Å². The molecule has 1 nitrogen and oxygen atoms in total. The van der Waals surface area contributed by atoms with Gasteiger partial charge in [-0.3, -0.25) is 0 Å². The largest absolute Gasteiger partial charge is 0.374 e. The molecule has 0 N–H and O–H groups in total. The van der Waals surface area contributed by atoms with Crippen molar-refractivity contribution in [3.63, 3.8) is 0 Å². The fourth-order valence-electron chi connectivity index (χ4n) is 2.07. The Balaban J connectivity index is 2.12. The van der Waals surface area contributed by atoms with E-state index in [-0.39, 0.29) is 5.60 Å². The molecule has 1 aromatic rings. The zero-order chi connectivity index (χ0) is 10.7. The highest BCUT2D eigenvalue weighted by Gasteiger charge is 2.34. The first kappa shape index (κ1) is 11.6. The van der Waals surface area contributed by atoms with Gasteiger partial charge in [0.05, 0.1) is 5.60 Å². The van der Waals surface area contributed by atoms with Crippen LogP contribution in [0.2, 0.25) is 0 Å². The Labute approximate surface area is 107 Å². The number of benzene rings is 1. The van der Waals surface area contributed by atoms with Crippen LogP contribution in [0.15, 0.2) is 28.7 Å². The first-order chi connectivity index (χ1) is 7.24. The summed E-state index contributed by atoms with van der Waals surface area (Å²) < 4.78 is 7.01. The second-order valence-corrected chi connectivity index (χ2v) is 5.55. The summed E-state index contributed by atoms with van der Waals surface area (Å²) in [6.07, 6.45) is 3.34. The Morgan fingerprint density at radius 2 is 2.27 bits per heavy atom. The van der Waals surface area contributed by atoms with Crippen molar-refractivity contribution in [3.05, 3.63) is 34.3 Å². The standard InChI is InChI=1S/C12H14Br2O/c13-9-12(5-2-6-15-12)8-10-3-1-4-11(14)7-10/h1,3-4,7H,2,5-6,8-9H2. The van der Waals surface area contributed by atoms with Gasteiger partial charge in [0.1, 0.15) is 0 Å². The summed E-state index contributed by atoms with van der Waals surface area (Å²) in [5.74, 6) is 0. The maximum absolute atomic E-state index is 5.87. The highest BCUT2D eigenvalue weighted by molar-refractivity contribution is 9.10. The van der Waals surface area contributed by atoms with Crippen LogP contribution < -0.4 is 0 Å². The summed E-state index contributed by atoms with van der Waals surface area (Å²) in [5, 5.41) is 0.923.